The van der Waals surface area contributed by atoms with Gasteiger partial charge in [-0.25, -0.2) is 15.4 Å². The number of nitrogens with zero attached hydrogens (tertiary/aromatic N) is 3. The van der Waals surface area contributed by atoms with Gasteiger partial charge in [0.15, 0.2) is 0 Å². The number of hydrazine groups is 1. The maximum Gasteiger partial charge on any atom is 0.241 e. The highest BCUT2D eigenvalue weighted by molar-refractivity contribution is 5.82. The van der Waals surface area contributed by atoms with E-state index in [4.69, 9.17) is 4.98 Å². The molecule has 4 heterocycles. The van der Waals surface area contributed by atoms with Gasteiger partial charge in [0.25, 0.3) is 0 Å². The van der Waals surface area contributed by atoms with Crippen molar-refractivity contribution in [1.29, 1.82) is 0 Å². The van der Waals surface area contributed by atoms with Crippen molar-refractivity contribution in [2.75, 3.05) is 19.6 Å². The Hall–Kier alpha value is -1.57. The maximum absolute atomic E-state index is 12.8. The normalized spacial score (nSPS) is 27.0. The van der Waals surface area contributed by atoms with E-state index in [1.165, 1.54) is 11.3 Å². The topological polar surface area (TPSA) is 82.2 Å². The summed E-state index contributed by atoms with van der Waals surface area (Å²) in [5.41, 5.74) is 8.89. The van der Waals surface area contributed by atoms with Gasteiger partial charge in [0.2, 0.25) is 5.91 Å². The summed E-state index contributed by atoms with van der Waals surface area (Å²) in [6.07, 6.45) is 5.76. The van der Waals surface area contributed by atoms with Crippen LogP contribution in [0.25, 0.3) is 0 Å². The van der Waals surface area contributed by atoms with E-state index in [-0.39, 0.29) is 11.9 Å². The number of piperidine rings is 1. The molecule has 0 aliphatic carbocycles. The lowest BCUT2D eigenvalue weighted by Gasteiger charge is -2.33. The maximum atomic E-state index is 12.8. The van der Waals surface area contributed by atoms with Gasteiger partial charge in [-0.3, -0.25) is 10.2 Å². The third kappa shape index (κ3) is 3.61. The van der Waals surface area contributed by atoms with Gasteiger partial charge < -0.3 is 10.2 Å². The Morgan fingerprint density at radius 1 is 1.27 bits per heavy atom. The van der Waals surface area contributed by atoms with Crippen LogP contribution >= 0.6 is 0 Å². The van der Waals surface area contributed by atoms with Crippen molar-refractivity contribution in [3.8, 4) is 0 Å². The fourth-order valence-electron chi connectivity index (χ4n) is 4.21. The molecule has 0 bridgehead atoms. The summed E-state index contributed by atoms with van der Waals surface area (Å²) in [5, 5.41) is 3.36. The fourth-order valence-corrected chi connectivity index (χ4v) is 4.21. The molecule has 0 saturated carbocycles. The van der Waals surface area contributed by atoms with Crippen LogP contribution in [-0.4, -0.2) is 52.5 Å². The molecular weight excluding hydrogens is 328 g/mol. The van der Waals surface area contributed by atoms with E-state index < -0.39 is 0 Å². The minimum Gasteiger partial charge on any atom is -0.341 e. The summed E-state index contributed by atoms with van der Waals surface area (Å²) in [7, 11) is 0. The number of aromatic nitrogens is 2. The van der Waals surface area contributed by atoms with Crippen LogP contribution in [0.15, 0.2) is 6.20 Å². The summed E-state index contributed by atoms with van der Waals surface area (Å²) in [4.78, 5) is 24.3. The summed E-state index contributed by atoms with van der Waals surface area (Å²) in [6, 6.07) is 0.284. The molecule has 2 saturated heterocycles. The zero-order chi connectivity index (χ0) is 18.1. The van der Waals surface area contributed by atoms with Crippen molar-refractivity contribution in [2.45, 2.75) is 64.1 Å². The minimum absolute atomic E-state index is 0.0913. The number of hydrogen-bond acceptors (Lipinski definition) is 6. The molecule has 2 atom stereocenters. The summed E-state index contributed by atoms with van der Waals surface area (Å²) in [5.74, 6) is 2.11. The van der Waals surface area contributed by atoms with Crippen molar-refractivity contribution in [3.05, 3.63) is 23.3 Å². The van der Waals surface area contributed by atoms with E-state index in [0.717, 1.165) is 57.7 Å². The summed E-state index contributed by atoms with van der Waals surface area (Å²) in [6.45, 7) is 7.85. The largest absolute Gasteiger partial charge is 0.341 e. The molecule has 4 rings (SSSR count). The lowest BCUT2D eigenvalue weighted by atomic mass is 9.94. The third-order valence-corrected chi connectivity index (χ3v) is 6.03. The van der Waals surface area contributed by atoms with Crippen LogP contribution in [0.4, 0.5) is 0 Å². The lowest BCUT2D eigenvalue weighted by molar-refractivity contribution is -0.134. The highest BCUT2D eigenvalue weighted by Crippen LogP contribution is 2.27. The van der Waals surface area contributed by atoms with Crippen molar-refractivity contribution in [2.24, 2.45) is 5.92 Å². The first-order chi connectivity index (χ1) is 12.6. The number of amides is 1. The highest BCUT2D eigenvalue weighted by Gasteiger charge is 2.35. The van der Waals surface area contributed by atoms with Crippen LogP contribution in [0.2, 0.25) is 0 Å². The Bertz CT molecular complexity index is 655. The zero-order valence-corrected chi connectivity index (χ0v) is 15.8. The first-order valence-electron chi connectivity index (χ1n) is 9.97. The van der Waals surface area contributed by atoms with Gasteiger partial charge >= 0.3 is 0 Å². The number of carbonyl (C=O) groups excluding carboxylic acids is 1. The van der Waals surface area contributed by atoms with Gasteiger partial charge in [0, 0.05) is 62.0 Å². The van der Waals surface area contributed by atoms with Gasteiger partial charge in [-0.05, 0) is 25.2 Å². The van der Waals surface area contributed by atoms with Crippen LogP contribution in [0.3, 0.4) is 0 Å². The number of fused-ring (bicyclic) bond motifs is 1. The second-order valence-corrected chi connectivity index (χ2v) is 8.15. The average molecular weight is 358 g/mol. The second-order valence-electron chi connectivity index (χ2n) is 8.15. The molecule has 0 spiro atoms. The number of carbonyl (C=O) groups is 1. The van der Waals surface area contributed by atoms with E-state index in [1.54, 1.807) is 0 Å². The molecular formula is C19H30N6O. The Morgan fingerprint density at radius 3 is 2.81 bits per heavy atom. The predicted octanol–water partition coefficient (Wildman–Crippen LogP) is 0.719. The standard InChI is InChI=1S/C19H30N6O/c1-12(2)16-9-17(24-23-16)19(26)25-7-4-13(5-8-25)18-21-11-14-10-20-6-3-15(14)22-18/h11-13,16-17,20,23-24H,3-10H2,1-2H3. The SMILES string of the molecule is CC(C)C1CC(C(=O)N2CCC(c3ncc4c(n3)CCNC4)CC2)NN1. The molecule has 26 heavy (non-hydrogen) atoms. The van der Waals surface area contributed by atoms with Crippen molar-refractivity contribution in [3.63, 3.8) is 0 Å². The molecule has 0 aromatic carbocycles. The highest BCUT2D eigenvalue weighted by atomic mass is 16.2. The fraction of sp³-hybridized carbons (Fsp3) is 0.737. The molecule has 0 radical (unpaired) electrons. The van der Waals surface area contributed by atoms with Gasteiger partial charge in [-0.15, -0.1) is 0 Å². The van der Waals surface area contributed by atoms with Crippen LogP contribution in [-0.2, 0) is 17.8 Å². The van der Waals surface area contributed by atoms with Gasteiger partial charge in [-0.2, -0.15) is 0 Å². The van der Waals surface area contributed by atoms with Crippen LogP contribution in [0.5, 0.6) is 0 Å². The Morgan fingerprint density at radius 2 is 2.08 bits per heavy atom. The van der Waals surface area contributed by atoms with E-state index >= 15 is 0 Å². The first kappa shape index (κ1) is 17.8. The third-order valence-electron chi connectivity index (χ3n) is 6.03. The van der Waals surface area contributed by atoms with Gasteiger partial charge in [0.05, 0.1) is 0 Å². The minimum atomic E-state index is -0.0913. The molecule has 1 aromatic rings. The number of likely N-dealkylation sites (tertiary alicyclic amines) is 1. The van der Waals surface area contributed by atoms with E-state index in [1.807, 2.05) is 11.1 Å². The quantitative estimate of drug-likeness (QED) is 0.739. The summed E-state index contributed by atoms with van der Waals surface area (Å²) >= 11 is 0. The molecule has 7 nitrogen and oxygen atoms in total. The molecule has 2 unspecified atom stereocenters. The Balaban J connectivity index is 1.33. The van der Waals surface area contributed by atoms with Crippen LogP contribution < -0.4 is 16.2 Å². The average Bonchev–Trinajstić information content (AvgIpc) is 3.18. The molecule has 3 aliphatic rings. The Kier molecular flexibility index (Phi) is 5.20. The van der Waals surface area contributed by atoms with Crippen molar-refractivity contribution in [1.82, 2.24) is 31.0 Å². The van der Waals surface area contributed by atoms with Crippen molar-refractivity contribution < 1.29 is 4.79 Å². The number of rotatable bonds is 3. The number of hydrogen-bond donors (Lipinski definition) is 3. The second kappa shape index (κ2) is 7.58. The molecule has 1 amide bonds. The predicted molar refractivity (Wildman–Crippen MR) is 99.3 cm³/mol. The molecule has 7 heteroatoms. The van der Waals surface area contributed by atoms with E-state index in [0.29, 0.717) is 17.9 Å². The Labute approximate surface area is 155 Å². The van der Waals surface area contributed by atoms with Crippen molar-refractivity contribution >= 4 is 5.91 Å². The molecule has 3 N–H and O–H groups in total. The van der Waals surface area contributed by atoms with Crippen LogP contribution in [0, 0.1) is 5.92 Å². The summed E-state index contributed by atoms with van der Waals surface area (Å²) < 4.78 is 0. The zero-order valence-electron chi connectivity index (χ0n) is 15.8. The van der Waals surface area contributed by atoms with Crippen LogP contribution in [0.1, 0.15) is 56.1 Å². The van der Waals surface area contributed by atoms with E-state index in [9.17, 15) is 4.79 Å². The molecule has 142 valence electrons. The number of nitrogens with one attached hydrogen (secondary N) is 3. The monoisotopic (exact) mass is 358 g/mol. The molecule has 2 fully saturated rings. The van der Waals surface area contributed by atoms with Gasteiger partial charge in [-0.1, -0.05) is 13.8 Å². The molecule has 3 aliphatic heterocycles. The van der Waals surface area contributed by atoms with E-state index in [2.05, 4.69) is 35.0 Å². The lowest BCUT2D eigenvalue weighted by Crippen LogP contribution is -2.48. The van der Waals surface area contributed by atoms with Gasteiger partial charge in [0.1, 0.15) is 11.9 Å². The molecule has 1 aromatic heterocycles. The smallest absolute Gasteiger partial charge is 0.241 e. The first-order valence-corrected chi connectivity index (χ1v) is 9.97.